The molecule has 1 aliphatic rings. The van der Waals surface area contributed by atoms with E-state index in [1.165, 1.54) is 7.11 Å². The van der Waals surface area contributed by atoms with E-state index in [4.69, 9.17) is 17.3 Å². The summed E-state index contributed by atoms with van der Waals surface area (Å²) in [4.78, 5) is 27.0. The fourth-order valence-electron chi connectivity index (χ4n) is 2.12. The third-order valence-electron chi connectivity index (χ3n) is 3.28. The third-order valence-corrected chi connectivity index (χ3v) is 3.61. The Morgan fingerprint density at radius 3 is 2.40 bits per heavy atom. The molecule has 20 heavy (non-hydrogen) atoms. The lowest BCUT2D eigenvalue weighted by Gasteiger charge is -2.34. The number of halogens is 1. The van der Waals surface area contributed by atoms with E-state index in [1.807, 2.05) is 0 Å². The van der Waals surface area contributed by atoms with Crippen LogP contribution in [-0.2, 0) is 4.74 Å². The maximum atomic E-state index is 12.4. The quantitative estimate of drug-likeness (QED) is 0.796. The molecular formula is C13H16ClN3O3. The molecule has 0 spiro atoms. The molecule has 1 aromatic carbocycles. The number of hydrogen-bond acceptors (Lipinski definition) is 4. The Bertz CT molecular complexity index is 528. The normalized spacial score (nSPS) is 15.1. The van der Waals surface area contributed by atoms with Gasteiger partial charge in [-0.05, 0) is 12.1 Å². The summed E-state index contributed by atoms with van der Waals surface area (Å²) in [6.07, 6.45) is -0.376. The van der Waals surface area contributed by atoms with Crippen molar-refractivity contribution in [2.24, 2.45) is 0 Å². The van der Waals surface area contributed by atoms with Crippen LogP contribution in [0.4, 0.5) is 10.5 Å². The van der Waals surface area contributed by atoms with Crippen LogP contribution in [0, 0.1) is 0 Å². The van der Waals surface area contributed by atoms with Gasteiger partial charge in [-0.1, -0.05) is 17.7 Å². The Labute approximate surface area is 122 Å². The van der Waals surface area contributed by atoms with Gasteiger partial charge >= 0.3 is 6.09 Å². The lowest BCUT2D eigenvalue weighted by Crippen LogP contribution is -2.50. The number of para-hydroxylation sites is 1. The van der Waals surface area contributed by atoms with Gasteiger partial charge < -0.3 is 20.3 Å². The fraction of sp³-hybridized carbons (Fsp3) is 0.385. The second-order valence-electron chi connectivity index (χ2n) is 4.45. The first-order chi connectivity index (χ1) is 9.54. The first-order valence-electron chi connectivity index (χ1n) is 6.20. The Balaban J connectivity index is 2.05. The molecule has 2 rings (SSSR count). The van der Waals surface area contributed by atoms with Crippen molar-refractivity contribution < 1.29 is 14.3 Å². The van der Waals surface area contributed by atoms with Crippen molar-refractivity contribution in [1.82, 2.24) is 9.80 Å². The fourth-order valence-corrected chi connectivity index (χ4v) is 2.29. The highest BCUT2D eigenvalue weighted by Gasteiger charge is 2.26. The van der Waals surface area contributed by atoms with Crippen LogP contribution < -0.4 is 5.73 Å². The molecule has 0 radical (unpaired) electrons. The van der Waals surface area contributed by atoms with Crippen LogP contribution in [0.5, 0.6) is 0 Å². The summed E-state index contributed by atoms with van der Waals surface area (Å²) >= 11 is 5.92. The summed E-state index contributed by atoms with van der Waals surface area (Å²) in [5.74, 6) is -0.172. The van der Waals surface area contributed by atoms with Gasteiger partial charge in [-0.25, -0.2) is 4.79 Å². The molecule has 1 aromatic rings. The van der Waals surface area contributed by atoms with Gasteiger partial charge in [0.2, 0.25) is 0 Å². The van der Waals surface area contributed by atoms with E-state index in [0.29, 0.717) is 36.8 Å². The van der Waals surface area contributed by atoms with E-state index in [1.54, 1.807) is 28.0 Å². The zero-order chi connectivity index (χ0) is 14.7. The van der Waals surface area contributed by atoms with E-state index in [0.717, 1.165) is 0 Å². The van der Waals surface area contributed by atoms with Crippen LogP contribution in [0.2, 0.25) is 5.02 Å². The van der Waals surface area contributed by atoms with Crippen LogP contribution in [0.15, 0.2) is 18.2 Å². The summed E-state index contributed by atoms with van der Waals surface area (Å²) in [6.45, 7) is 1.78. The lowest BCUT2D eigenvalue weighted by atomic mass is 10.1. The van der Waals surface area contributed by atoms with Crippen molar-refractivity contribution in [2.75, 3.05) is 39.0 Å². The number of benzene rings is 1. The van der Waals surface area contributed by atoms with Gasteiger partial charge in [0.25, 0.3) is 5.91 Å². The van der Waals surface area contributed by atoms with E-state index in [2.05, 4.69) is 4.74 Å². The van der Waals surface area contributed by atoms with Crippen molar-refractivity contribution in [3.8, 4) is 0 Å². The molecular weight excluding hydrogens is 282 g/mol. The molecule has 1 aliphatic heterocycles. The van der Waals surface area contributed by atoms with E-state index < -0.39 is 0 Å². The molecule has 1 fully saturated rings. The number of hydrogen-bond donors (Lipinski definition) is 1. The van der Waals surface area contributed by atoms with Crippen LogP contribution in [-0.4, -0.2) is 55.1 Å². The van der Waals surface area contributed by atoms with Crippen LogP contribution in [0.1, 0.15) is 10.4 Å². The number of carbonyl (C=O) groups excluding carboxylic acids is 2. The highest BCUT2D eigenvalue weighted by molar-refractivity contribution is 6.33. The van der Waals surface area contributed by atoms with Gasteiger partial charge in [-0.15, -0.1) is 0 Å². The minimum atomic E-state index is -0.376. The number of nitrogens with zero attached hydrogens (tertiary/aromatic N) is 2. The van der Waals surface area contributed by atoms with Crippen LogP contribution in [0.3, 0.4) is 0 Å². The first kappa shape index (κ1) is 14.5. The van der Waals surface area contributed by atoms with Crippen molar-refractivity contribution in [3.63, 3.8) is 0 Å². The van der Waals surface area contributed by atoms with Gasteiger partial charge in [0.05, 0.1) is 23.4 Å². The summed E-state index contributed by atoms with van der Waals surface area (Å²) in [5.41, 5.74) is 6.50. The highest BCUT2D eigenvalue weighted by atomic mass is 35.5. The number of rotatable bonds is 1. The third kappa shape index (κ3) is 2.80. The van der Waals surface area contributed by atoms with Crippen LogP contribution in [0.25, 0.3) is 0 Å². The summed E-state index contributed by atoms with van der Waals surface area (Å²) in [6, 6.07) is 4.98. The molecule has 0 aliphatic carbocycles. The Morgan fingerprint density at radius 1 is 1.20 bits per heavy atom. The molecule has 6 nitrogen and oxygen atoms in total. The standard InChI is InChI=1S/C13H16ClN3O3/c1-20-13(19)17-7-5-16(6-8-17)12(18)9-3-2-4-10(14)11(9)15/h2-4H,5-8,15H2,1H3. The topological polar surface area (TPSA) is 75.9 Å². The largest absolute Gasteiger partial charge is 0.453 e. The van der Waals surface area contributed by atoms with Gasteiger partial charge in [0, 0.05) is 26.2 Å². The molecule has 7 heteroatoms. The second kappa shape index (κ2) is 6.00. The van der Waals surface area contributed by atoms with E-state index in [9.17, 15) is 9.59 Å². The lowest BCUT2D eigenvalue weighted by molar-refractivity contribution is 0.0600. The molecule has 2 amide bonds. The van der Waals surface area contributed by atoms with Crippen molar-refractivity contribution >= 4 is 29.3 Å². The second-order valence-corrected chi connectivity index (χ2v) is 4.86. The zero-order valence-electron chi connectivity index (χ0n) is 11.1. The molecule has 1 saturated heterocycles. The smallest absolute Gasteiger partial charge is 0.409 e. The highest BCUT2D eigenvalue weighted by Crippen LogP contribution is 2.24. The number of anilines is 1. The Hall–Kier alpha value is -1.95. The first-order valence-corrected chi connectivity index (χ1v) is 6.58. The zero-order valence-corrected chi connectivity index (χ0v) is 11.9. The summed E-state index contributed by atoms with van der Waals surface area (Å²) < 4.78 is 4.65. The summed E-state index contributed by atoms with van der Waals surface area (Å²) in [5, 5.41) is 0.365. The number of nitrogens with two attached hydrogens (primary N) is 1. The van der Waals surface area contributed by atoms with Crippen LogP contribution >= 0.6 is 11.6 Å². The number of carbonyl (C=O) groups is 2. The molecule has 0 unspecified atom stereocenters. The average molecular weight is 298 g/mol. The number of piperazine rings is 1. The Morgan fingerprint density at radius 2 is 1.80 bits per heavy atom. The predicted octanol–water partition coefficient (Wildman–Crippen LogP) is 1.45. The molecule has 108 valence electrons. The molecule has 0 bridgehead atoms. The molecule has 0 saturated carbocycles. The van der Waals surface area contributed by atoms with Gasteiger partial charge in [0.1, 0.15) is 0 Å². The number of methoxy groups -OCH3 is 1. The number of nitrogen functional groups attached to an aromatic ring is 1. The monoisotopic (exact) mass is 297 g/mol. The van der Waals surface area contributed by atoms with Crippen molar-refractivity contribution in [3.05, 3.63) is 28.8 Å². The maximum Gasteiger partial charge on any atom is 0.409 e. The number of ether oxygens (including phenoxy) is 1. The van der Waals surface area contributed by atoms with Gasteiger partial charge in [-0.2, -0.15) is 0 Å². The molecule has 0 aromatic heterocycles. The maximum absolute atomic E-state index is 12.4. The van der Waals surface area contributed by atoms with Gasteiger partial charge in [0.15, 0.2) is 0 Å². The van der Waals surface area contributed by atoms with E-state index >= 15 is 0 Å². The van der Waals surface area contributed by atoms with Crippen molar-refractivity contribution in [1.29, 1.82) is 0 Å². The molecule has 0 atom stereocenters. The Kier molecular flexibility index (Phi) is 4.34. The minimum absolute atomic E-state index is 0.172. The van der Waals surface area contributed by atoms with Crippen molar-refractivity contribution in [2.45, 2.75) is 0 Å². The van der Waals surface area contributed by atoms with Gasteiger partial charge in [-0.3, -0.25) is 4.79 Å². The average Bonchev–Trinajstić information content (AvgIpc) is 2.48. The summed E-state index contributed by atoms with van der Waals surface area (Å²) in [7, 11) is 1.34. The predicted molar refractivity (Wildman–Crippen MR) is 75.7 cm³/mol. The molecule has 2 N–H and O–H groups in total. The SMILES string of the molecule is COC(=O)N1CCN(C(=O)c2cccc(Cl)c2N)CC1. The minimum Gasteiger partial charge on any atom is -0.453 e. The molecule has 1 heterocycles. The number of amides is 2. The van der Waals surface area contributed by atoms with E-state index in [-0.39, 0.29) is 17.7 Å².